The third-order valence-corrected chi connectivity index (χ3v) is 8.67. The molecule has 138 valence electrons. The second-order valence-corrected chi connectivity index (χ2v) is 9.64. The van der Waals surface area contributed by atoms with E-state index in [4.69, 9.17) is 9.47 Å². The molecule has 2 heterocycles. The maximum absolute atomic E-state index is 10.7. The lowest BCUT2D eigenvalue weighted by Crippen LogP contribution is -2.66. The number of hydrogen-bond donors (Lipinski definition) is 2. The van der Waals surface area contributed by atoms with Crippen LogP contribution in [0, 0.1) is 22.7 Å². The van der Waals surface area contributed by atoms with E-state index in [1.807, 2.05) is 0 Å². The Morgan fingerprint density at radius 3 is 2.50 bits per heavy atom. The Morgan fingerprint density at radius 1 is 1.04 bits per heavy atom. The van der Waals surface area contributed by atoms with Crippen molar-refractivity contribution >= 4 is 0 Å². The van der Waals surface area contributed by atoms with Gasteiger partial charge in [0.05, 0.1) is 30.5 Å². The Morgan fingerprint density at radius 2 is 1.83 bits per heavy atom. The van der Waals surface area contributed by atoms with Crippen LogP contribution in [-0.2, 0) is 9.47 Å². The summed E-state index contributed by atoms with van der Waals surface area (Å²) < 4.78 is 12.7. The molecule has 4 rings (SSSR count). The van der Waals surface area contributed by atoms with Crippen molar-refractivity contribution < 1.29 is 19.7 Å². The molecule has 2 saturated heterocycles. The molecular weight excluding hydrogens is 304 g/mol. The summed E-state index contributed by atoms with van der Waals surface area (Å²) in [5, 5.41) is 20.8. The van der Waals surface area contributed by atoms with Gasteiger partial charge in [0.15, 0.2) is 0 Å². The fraction of sp³-hybridized carbons (Fsp3) is 1.00. The number of aliphatic hydroxyl groups is 2. The summed E-state index contributed by atoms with van der Waals surface area (Å²) in [5.41, 5.74) is -0.593. The third-order valence-electron chi connectivity index (χ3n) is 8.67. The highest BCUT2D eigenvalue weighted by Gasteiger charge is 2.69. The highest BCUT2D eigenvalue weighted by Crippen LogP contribution is 2.68. The molecule has 4 heteroatoms. The highest BCUT2D eigenvalue weighted by molar-refractivity contribution is 5.17. The smallest absolute Gasteiger partial charge is 0.0945 e. The molecule has 0 radical (unpaired) electrons. The largest absolute Gasteiger partial charge is 0.396 e. The zero-order chi connectivity index (χ0) is 17.2. The van der Waals surface area contributed by atoms with E-state index in [1.54, 1.807) is 0 Å². The summed E-state index contributed by atoms with van der Waals surface area (Å²) in [6.45, 7) is 8.46. The van der Waals surface area contributed by atoms with Gasteiger partial charge in [0.2, 0.25) is 0 Å². The molecule has 0 unspecified atom stereocenters. The summed E-state index contributed by atoms with van der Waals surface area (Å²) in [7, 11) is 0. The van der Waals surface area contributed by atoms with Gasteiger partial charge in [0.1, 0.15) is 0 Å². The first-order chi connectivity index (χ1) is 11.3. The minimum atomic E-state index is -0.411. The van der Waals surface area contributed by atoms with Gasteiger partial charge in [-0.1, -0.05) is 20.8 Å². The first-order valence-electron chi connectivity index (χ1n) is 9.89. The Bertz CT molecular complexity index is 502. The molecule has 0 amide bonds. The predicted octanol–water partition coefficient (Wildman–Crippen LogP) is 2.90. The second-order valence-electron chi connectivity index (χ2n) is 9.64. The molecule has 0 aromatic heterocycles. The van der Waals surface area contributed by atoms with Gasteiger partial charge in [-0.15, -0.1) is 0 Å². The number of ether oxygens (including phenoxy) is 2. The van der Waals surface area contributed by atoms with Crippen molar-refractivity contribution in [1.82, 2.24) is 0 Å². The van der Waals surface area contributed by atoms with Crippen LogP contribution in [0.3, 0.4) is 0 Å². The van der Waals surface area contributed by atoms with Crippen molar-refractivity contribution in [3.05, 3.63) is 0 Å². The minimum absolute atomic E-state index is 0.0213. The number of fused-ring (bicyclic) bond motifs is 2. The maximum atomic E-state index is 10.7. The lowest BCUT2D eigenvalue weighted by Gasteiger charge is -2.65. The molecule has 2 spiro atoms. The summed E-state index contributed by atoms with van der Waals surface area (Å²) in [5.74, 6) is 0.837. The molecule has 4 fully saturated rings. The van der Waals surface area contributed by atoms with Crippen molar-refractivity contribution in [2.75, 3.05) is 19.8 Å². The van der Waals surface area contributed by atoms with E-state index >= 15 is 0 Å². The van der Waals surface area contributed by atoms with Crippen LogP contribution in [0.15, 0.2) is 0 Å². The molecule has 24 heavy (non-hydrogen) atoms. The standard InChI is InChI=1S/C20H34O4/c1-14-4-5-15-17(2,12-21)16(22)6-7-18(15,3)20(14)9-8-19(24-20)10-11-23-13-19/h14-16,21-22H,4-13H2,1-3H3/t14-,15+,16-,17+,18+,19-,20+/m0/s1. The van der Waals surface area contributed by atoms with Crippen LogP contribution in [0.5, 0.6) is 0 Å². The van der Waals surface area contributed by atoms with Gasteiger partial charge < -0.3 is 19.7 Å². The Balaban J connectivity index is 1.74. The Kier molecular flexibility index (Phi) is 3.90. The van der Waals surface area contributed by atoms with Crippen molar-refractivity contribution in [2.45, 2.75) is 83.0 Å². The lowest BCUT2D eigenvalue weighted by atomic mass is 9.43. The topological polar surface area (TPSA) is 58.9 Å². The van der Waals surface area contributed by atoms with E-state index in [2.05, 4.69) is 20.8 Å². The van der Waals surface area contributed by atoms with Gasteiger partial charge in [0.25, 0.3) is 0 Å². The van der Waals surface area contributed by atoms with Gasteiger partial charge in [-0.3, -0.25) is 0 Å². The molecule has 2 aliphatic carbocycles. The van der Waals surface area contributed by atoms with E-state index in [0.717, 1.165) is 58.2 Å². The predicted molar refractivity (Wildman–Crippen MR) is 91.6 cm³/mol. The number of hydrogen-bond acceptors (Lipinski definition) is 4. The van der Waals surface area contributed by atoms with Crippen molar-refractivity contribution in [3.8, 4) is 0 Å². The van der Waals surface area contributed by atoms with Crippen LogP contribution in [0.25, 0.3) is 0 Å². The van der Waals surface area contributed by atoms with Gasteiger partial charge in [0, 0.05) is 23.9 Å². The molecule has 4 aliphatic rings. The van der Waals surface area contributed by atoms with Crippen molar-refractivity contribution in [2.24, 2.45) is 22.7 Å². The molecule has 4 nitrogen and oxygen atoms in total. The van der Waals surface area contributed by atoms with Crippen LogP contribution in [-0.4, -0.2) is 47.3 Å². The van der Waals surface area contributed by atoms with Gasteiger partial charge in [-0.25, -0.2) is 0 Å². The molecule has 2 saturated carbocycles. The van der Waals surface area contributed by atoms with E-state index in [-0.39, 0.29) is 23.2 Å². The third kappa shape index (κ3) is 2.00. The molecular formula is C20H34O4. The molecule has 0 aromatic carbocycles. The molecule has 7 atom stereocenters. The Labute approximate surface area is 145 Å². The Hall–Kier alpha value is -0.160. The van der Waals surface area contributed by atoms with Crippen LogP contribution >= 0.6 is 0 Å². The first-order valence-corrected chi connectivity index (χ1v) is 9.89. The minimum Gasteiger partial charge on any atom is -0.396 e. The molecule has 2 aliphatic heterocycles. The van der Waals surface area contributed by atoms with Crippen LogP contribution < -0.4 is 0 Å². The maximum Gasteiger partial charge on any atom is 0.0945 e. The summed E-state index contributed by atoms with van der Waals surface area (Å²) in [6.07, 6.45) is 6.78. The summed E-state index contributed by atoms with van der Waals surface area (Å²) >= 11 is 0. The zero-order valence-electron chi connectivity index (χ0n) is 15.5. The molecule has 0 aromatic rings. The van der Waals surface area contributed by atoms with Crippen LogP contribution in [0.1, 0.15) is 65.7 Å². The fourth-order valence-corrected chi connectivity index (χ4v) is 7.00. The van der Waals surface area contributed by atoms with Gasteiger partial charge >= 0.3 is 0 Å². The summed E-state index contributed by atoms with van der Waals surface area (Å²) in [6, 6.07) is 0. The number of aliphatic hydroxyl groups excluding tert-OH is 2. The van der Waals surface area contributed by atoms with Gasteiger partial charge in [-0.2, -0.15) is 0 Å². The fourth-order valence-electron chi connectivity index (χ4n) is 7.00. The van der Waals surface area contributed by atoms with Crippen LogP contribution in [0.2, 0.25) is 0 Å². The zero-order valence-corrected chi connectivity index (χ0v) is 15.5. The lowest BCUT2D eigenvalue weighted by molar-refractivity contribution is -0.266. The van der Waals surface area contributed by atoms with E-state index in [1.165, 1.54) is 0 Å². The van der Waals surface area contributed by atoms with E-state index < -0.39 is 11.5 Å². The van der Waals surface area contributed by atoms with E-state index in [9.17, 15) is 10.2 Å². The second kappa shape index (κ2) is 5.42. The van der Waals surface area contributed by atoms with Crippen molar-refractivity contribution in [1.29, 1.82) is 0 Å². The quantitative estimate of drug-likeness (QED) is 0.772. The monoisotopic (exact) mass is 338 g/mol. The van der Waals surface area contributed by atoms with Crippen LogP contribution in [0.4, 0.5) is 0 Å². The average Bonchev–Trinajstić information content (AvgIpc) is 3.18. The van der Waals surface area contributed by atoms with Crippen molar-refractivity contribution in [3.63, 3.8) is 0 Å². The SMILES string of the molecule is C[C@H]1CC[C@@H]2[C@@](C)(CO)[C@@H](O)CC[C@@]2(C)[C@@]12CC[C@@]1(CCOC1)O2. The normalized spacial score (nSPS) is 57.6. The first kappa shape index (κ1) is 17.3. The highest BCUT2D eigenvalue weighted by atomic mass is 16.6. The number of rotatable bonds is 1. The average molecular weight is 338 g/mol. The van der Waals surface area contributed by atoms with Gasteiger partial charge in [-0.05, 0) is 50.4 Å². The molecule has 2 N–H and O–H groups in total. The van der Waals surface area contributed by atoms with E-state index in [0.29, 0.717) is 11.8 Å². The summed E-state index contributed by atoms with van der Waals surface area (Å²) in [4.78, 5) is 0. The molecule has 0 bridgehead atoms.